The van der Waals surface area contributed by atoms with Crippen molar-refractivity contribution in [2.75, 3.05) is 57.9 Å². The molecule has 2 aromatic carbocycles. The fourth-order valence-electron chi connectivity index (χ4n) is 4.94. The molecule has 9 nitrogen and oxygen atoms in total. The first-order valence-electron chi connectivity index (χ1n) is 13.2. The highest BCUT2D eigenvalue weighted by Gasteiger charge is 2.29. The molecule has 2 saturated heterocycles. The zero-order valence-corrected chi connectivity index (χ0v) is 22.0. The number of benzene rings is 2. The van der Waals surface area contributed by atoms with Crippen LogP contribution in [-0.4, -0.2) is 90.9 Å². The molecule has 0 spiro atoms. The van der Waals surface area contributed by atoms with E-state index >= 15 is 0 Å². The molecule has 3 aromatic rings. The summed E-state index contributed by atoms with van der Waals surface area (Å²) in [5.74, 6) is 0.228. The largest absolute Gasteiger partial charge is 0.497 e. The second-order valence-electron chi connectivity index (χ2n) is 9.68. The van der Waals surface area contributed by atoms with Crippen molar-refractivity contribution in [3.63, 3.8) is 0 Å². The van der Waals surface area contributed by atoms with Gasteiger partial charge in [0, 0.05) is 44.9 Å². The van der Waals surface area contributed by atoms with Gasteiger partial charge in [0.25, 0.3) is 5.91 Å². The molecule has 3 heterocycles. The summed E-state index contributed by atoms with van der Waals surface area (Å²) < 4.78 is 25.4. The third kappa shape index (κ3) is 6.34. The molecular weight excluding hydrogens is 501 g/mol. The molecule has 39 heavy (non-hydrogen) atoms. The van der Waals surface area contributed by atoms with Gasteiger partial charge >= 0.3 is 0 Å². The first-order chi connectivity index (χ1) is 19.0. The number of hydrogen-bond acceptors (Lipinski definition) is 7. The fourth-order valence-corrected chi connectivity index (χ4v) is 4.94. The molecule has 0 N–H and O–H groups in total. The van der Waals surface area contributed by atoms with E-state index in [4.69, 9.17) is 9.47 Å². The van der Waals surface area contributed by atoms with E-state index in [1.165, 1.54) is 23.1 Å². The van der Waals surface area contributed by atoms with Crippen molar-refractivity contribution < 1.29 is 23.5 Å². The molecule has 0 saturated carbocycles. The molecule has 0 radical (unpaired) electrons. The van der Waals surface area contributed by atoms with Crippen molar-refractivity contribution >= 4 is 17.6 Å². The Hall–Kier alpha value is -4.05. The fraction of sp³-hybridized carbons (Fsp3) is 0.379. The SMILES string of the molecule is COc1cccc(-c2ccc(N3CCN(C(=O)CN(CC4CCCO4)C(=O)c4ccccc4F)CC3)nn2)c1. The van der Waals surface area contributed by atoms with Gasteiger partial charge in [-0.1, -0.05) is 24.3 Å². The van der Waals surface area contributed by atoms with E-state index in [1.54, 1.807) is 18.1 Å². The summed E-state index contributed by atoms with van der Waals surface area (Å²) in [6.07, 6.45) is 1.57. The van der Waals surface area contributed by atoms with E-state index in [-0.39, 0.29) is 30.7 Å². The van der Waals surface area contributed by atoms with E-state index < -0.39 is 11.7 Å². The number of hydrogen-bond donors (Lipinski definition) is 0. The average Bonchev–Trinajstić information content (AvgIpc) is 3.50. The molecule has 1 atom stereocenters. The van der Waals surface area contributed by atoms with Crippen molar-refractivity contribution in [2.45, 2.75) is 18.9 Å². The first kappa shape index (κ1) is 26.6. The van der Waals surface area contributed by atoms with Crippen molar-refractivity contribution in [2.24, 2.45) is 0 Å². The van der Waals surface area contributed by atoms with Crippen LogP contribution >= 0.6 is 0 Å². The van der Waals surface area contributed by atoms with Crippen LogP contribution in [0.1, 0.15) is 23.2 Å². The Labute approximate surface area is 227 Å². The summed E-state index contributed by atoms with van der Waals surface area (Å²) in [5, 5.41) is 8.79. The Morgan fingerprint density at radius 3 is 2.56 bits per heavy atom. The number of anilines is 1. The van der Waals surface area contributed by atoms with Gasteiger partial charge in [-0.2, -0.15) is 0 Å². The van der Waals surface area contributed by atoms with Gasteiger partial charge in [-0.3, -0.25) is 9.59 Å². The highest BCUT2D eigenvalue weighted by atomic mass is 19.1. The molecule has 0 aliphatic carbocycles. The minimum absolute atomic E-state index is 0.0379. The summed E-state index contributed by atoms with van der Waals surface area (Å²) in [6.45, 7) is 2.92. The van der Waals surface area contributed by atoms with Crippen LogP contribution in [0.2, 0.25) is 0 Å². The van der Waals surface area contributed by atoms with Crippen LogP contribution in [0.3, 0.4) is 0 Å². The van der Waals surface area contributed by atoms with Gasteiger partial charge in [-0.05, 0) is 49.2 Å². The van der Waals surface area contributed by atoms with Gasteiger partial charge in [-0.15, -0.1) is 10.2 Å². The van der Waals surface area contributed by atoms with Gasteiger partial charge in [0.05, 0.1) is 24.5 Å². The highest BCUT2D eigenvalue weighted by Crippen LogP contribution is 2.23. The smallest absolute Gasteiger partial charge is 0.257 e. The maximum absolute atomic E-state index is 14.4. The molecule has 2 amide bonds. The number of ether oxygens (including phenoxy) is 2. The molecule has 1 unspecified atom stereocenters. The van der Waals surface area contributed by atoms with Gasteiger partial charge in [-0.25, -0.2) is 4.39 Å². The maximum atomic E-state index is 14.4. The molecule has 2 aliphatic heterocycles. The van der Waals surface area contributed by atoms with Crippen LogP contribution in [0.15, 0.2) is 60.7 Å². The van der Waals surface area contributed by atoms with E-state index in [2.05, 4.69) is 15.1 Å². The Bertz CT molecular complexity index is 1290. The zero-order valence-electron chi connectivity index (χ0n) is 22.0. The molecule has 0 bridgehead atoms. The van der Waals surface area contributed by atoms with E-state index in [9.17, 15) is 14.0 Å². The Morgan fingerprint density at radius 2 is 1.87 bits per heavy atom. The van der Waals surface area contributed by atoms with Crippen LogP contribution < -0.4 is 9.64 Å². The predicted octanol–water partition coefficient (Wildman–Crippen LogP) is 3.26. The lowest BCUT2D eigenvalue weighted by molar-refractivity contribution is -0.132. The van der Waals surface area contributed by atoms with Crippen LogP contribution in [0.5, 0.6) is 5.75 Å². The number of nitrogens with zero attached hydrogens (tertiary/aromatic N) is 5. The zero-order chi connectivity index (χ0) is 27.2. The van der Waals surface area contributed by atoms with Crippen molar-refractivity contribution in [3.05, 3.63) is 72.0 Å². The monoisotopic (exact) mass is 533 g/mol. The van der Waals surface area contributed by atoms with Gasteiger partial charge < -0.3 is 24.2 Å². The third-order valence-electron chi connectivity index (χ3n) is 7.14. The summed E-state index contributed by atoms with van der Waals surface area (Å²) in [5.41, 5.74) is 1.63. The number of amides is 2. The van der Waals surface area contributed by atoms with E-state index in [0.717, 1.165) is 35.7 Å². The minimum Gasteiger partial charge on any atom is -0.497 e. The van der Waals surface area contributed by atoms with Crippen molar-refractivity contribution in [1.29, 1.82) is 0 Å². The molecule has 204 valence electrons. The minimum atomic E-state index is -0.598. The van der Waals surface area contributed by atoms with Crippen molar-refractivity contribution in [1.82, 2.24) is 20.0 Å². The number of methoxy groups -OCH3 is 1. The van der Waals surface area contributed by atoms with Gasteiger partial charge in [0.15, 0.2) is 5.82 Å². The number of piperazine rings is 1. The third-order valence-corrected chi connectivity index (χ3v) is 7.14. The number of carbonyl (C=O) groups is 2. The second kappa shape index (κ2) is 12.2. The van der Waals surface area contributed by atoms with Crippen LogP contribution in [0.25, 0.3) is 11.3 Å². The first-order valence-corrected chi connectivity index (χ1v) is 13.2. The maximum Gasteiger partial charge on any atom is 0.257 e. The Morgan fingerprint density at radius 1 is 1.05 bits per heavy atom. The molecule has 5 rings (SSSR count). The molecule has 10 heteroatoms. The summed E-state index contributed by atoms with van der Waals surface area (Å²) in [6, 6.07) is 17.4. The normalized spacial score (nSPS) is 17.2. The lowest BCUT2D eigenvalue weighted by Crippen LogP contribution is -2.52. The predicted molar refractivity (Wildman–Crippen MR) is 144 cm³/mol. The van der Waals surface area contributed by atoms with Crippen molar-refractivity contribution in [3.8, 4) is 17.0 Å². The van der Waals surface area contributed by atoms with E-state index in [1.807, 2.05) is 36.4 Å². The summed E-state index contributed by atoms with van der Waals surface area (Å²) in [4.78, 5) is 31.7. The topological polar surface area (TPSA) is 88.1 Å². The lowest BCUT2D eigenvalue weighted by atomic mass is 10.1. The average molecular weight is 534 g/mol. The summed E-state index contributed by atoms with van der Waals surface area (Å²) in [7, 11) is 1.63. The van der Waals surface area contributed by atoms with Crippen LogP contribution in [-0.2, 0) is 9.53 Å². The number of carbonyl (C=O) groups excluding carboxylic acids is 2. The van der Waals surface area contributed by atoms with E-state index in [0.29, 0.717) is 32.8 Å². The van der Waals surface area contributed by atoms with Crippen LogP contribution in [0, 0.1) is 5.82 Å². The standard InChI is InChI=1S/C29H32FN5O4/c1-38-22-7-4-6-21(18-22)26-11-12-27(32-31-26)33-13-15-34(16-14-33)28(36)20-35(19-23-8-5-17-39-23)29(37)24-9-2-3-10-25(24)30/h2-4,6-7,9-12,18,23H,5,8,13-17,19-20H2,1H3. The number of aromatic nitrogens is 2. The summed E-state index contributed by atoms with van der Waals surface area (Å²) >= 11 is 0. The second-order valence-corrected chi connectivity index (χ2v) is 9.68. The molecular formula is C29H32FN5O4. The Kier molecular flexibility index (Phi) is 8.31. The van der Waals surface area contributed by atoms with Gasteiger partial charge in [0.1, 0.15) is 18.1 Å². The van der Waals surface area contributed by atoms with Crippen LogP contribution in [0.4, 0.5) is 10.2 Å². The van der Waals surface area contributed by atoms with Gasteiger partial charge in [0.2, 0.25) is 5.91 Å². The Balaban J connectivity index is 1.20. The number of rotatable bonds is 8. The highest BCUT2D eigenvalue weighted by molar-refractivity contribution is 5.96. The molecule has 2 fully saturated rings. The lowest BCUT2D eigenvalue weighted by Gasteiger charge is -2.36. The molecule has 1 aromatic heterocycles. The number of halogens is 1. The quantitative estimate of drug-likeness (QED) is 0.439. The molecule has 2 aliphatic rings.